The zero-order chi connectivity index (χ0) is 36.5. The standard InChI is InChI=1S/C36H44ClN3O10S/c1-39(19-29(42)34(45)35(46)30(43)20-41)33(44)14-23-17-40(18-23)51(47,48)25-6-4-5-22(13-25)21-49-36(15-32(36)37)28-16-38-12-11-26(28)27-7-2-3-8-31(27)50-24-9-10-24/h2-8,11-13,16,23-24,29-30,32,34-35,41-43,45-46H,9-10,14-15,17-21H2,1H3/t29-,30+,32?,34+,35+,36?/m0/s1. The number of nitrogens with zero attached hydrogens (tertiary/aromatic N) is 3. The van der Waals surface area contributed by atoms with E-state index < -0.39 is 46.6 Å². The summed E-state index contributed by atoms with van der Waals surface area (Å²) in [5.41, 5.74) is 2.53. The van der Waals surface area contributed by atoms with Gasteiger partial charge in [0.15, 0.2) is 0 Å². The minimum absolute atomic E-state index is 0.0101. The van der Waals surface area contributed by atoms with Crippen LogP contribution in [-0.4, -0.2) is 123 Å². The SMILES string of the molecule is CN(C[C@H](O)[C@@H](O)[C@H](O)[C@H](O)CO)C(=O)CC1CN(S(=O)(=O)c2cccc(COC3(c4cnccc4-c4ccccc4OC4CC4)CC3Cl)c2)C1. The lowest BCUT2D eigenvalue weighted by molar-refractivity contribution is -0.139. The fourth-order valence-corrected chi connectivity index (χ4v) is 8.37. The molecule has 2 saturated carbocycles. The molecule has 276 valence electrons. The van der Waals surface area contributed by atoms with Gasteiger partial charge in [-0.2, -0.15) is 4.31 Å². The fraction of sp³-hybridized carbons (Fsp3) is 0.500. The molecule has 2 heterocycles. The number of aliphatic hydroxyl groups excluding tert-OH is 5. The topological polar surface area (TPSA) is 190 Å². The second kappa shape index (κ2) is 15.4. The molecule has 3 aliphatic rings. The minimum atomic E-state index is -3.86. The van der Waals surface area contributed by atoms with Gasteiger partial charge in [-0.25, -0.2) is 8.42 Å². The van der Waals surface area contributed by atoms with Gasteiger partial charge in [0.05, 0.1) is 29.6 Å². The van der Waals surface area contributed by atoms with Gasteiger partial charge in [-0.15, -0.1) is 11.6 Å². The van der Waals surface area contributed by atoms with Crippen LogP contribution in [0, 0.1) is 5.92 Å². The Morgan fingerprint density at radius 3 is 2.43 bits per heavy atom. The van der Waals surface area contributed by atoms with Crippen LogP contribution in [-0.2, 0) is 31.8 Å². The molecule has 1 saturated heterocycles. The number of likely N-dealkylation sites (N-methyl/N-ethyl adjacent to an activating group) is 1. The van der Waals surface area contributed by atoms with E-state index in [0.29, 0.717) is 12.0 Å². The summed E-state index contributed by atoms with van der Waals surface area (Å²) in [6.45, 7) is -0.784. The zero-order valence-corrected chi connectivity index (χ0v) is 29.7. The third-order valence-electron chi connectivity index (χ3n) is 9.73. The molecule has 15 heteroatoms. The molecule has 3 aromatic rings. The van der Waals surface area contributed by atoms with Gasteiger partial charge in [0, 0.05) is 63.0 Å². The Bertz CT molecular complexity index is 1810. The Hall–Kier alpha value is -3.18. The summed E-state index contributed by atoms with van der Waals surface area (Å²) >= 11 is 6.75. The summed E-state index contributed by atoms with van der Waals surface area (Å²) in [6.07, 6.45) is -0.458. The summed E-state index contributed by atoms with van der Waals surface area (Å²) < 4.78 is 41.1. The number of hydrogen-bond acceptors (Lipinski definition) is 11. The lowest BCUT2D eigenvalue weighted by Crippen LogP contribution is -2.52. The van der Waals surface area contributed by atoms with Gasteiger partial charge in [0.2, 0.25) is 15.9 Å². The summed E-state index contributed by atoms with van der Waals surface area (Å²) in [5, 5.41) is 48.2. The highest BCUT2D eigenvalue weighted by Gasteiger charge is 2.57. The lowest BCUT2D eigenvalue weighted by Gasteiger charge is -2.38. The van der Waals surface area contributed by atoms with E-state index in [1.54, 1.807) is 30.6 Å². The molecule has 1 amide bonds. The zero-order valence-electron chi connectivity index (χ0n) is 28.2. The first-order valence-corrected chi connectivity index (χ1v) is 18.9. The molecule has 5 N–H and O–H groups in total. The summed E-state index contributed by atoms with van der Waals surface area (Å²) in [7, 11) is -2.45. The van der Waals surface area contributed by atoms with Crippen molar-refractivity contribution in [2.24, 2.45) is 5.92 Å². The third kappa shape index (κ3) is 8.24. The van der Waals surface area contributed by atoms with Crippen LogP contribution in [0.3, 0.4) is 0 Å². The van der Waals surface area contributed by atoms with Crippen molar-refractivity contribution in [3.63, 3.8) is 0 Å². The molecule has 3 fully saturated rings. The number of amides is 1. The van der Waals surface area contributed by atoms with Crippen molar-refractivity contribution in [1.29, 1.82) is 0 Å². The molecule has 6 atom stereocenters. The van der Waals surface area contributed by atoms with Crippen LogP contribution in [0.4, 0.5) is 0 Å². The van der Waals surface area contributed by atoms with Crippen molar-refractivity contribution in [2.45, 2.75) is 78.7 Å². The highest BCUT2D eigenvalue weighted by atomic mass is 35.5. The van der Waals surface area contributed by atoms with Crippen molar-refractivity contribution in [1.82, 2.24) is 14.2 Å². The van der Waals surface area contributed by atoms with Gasteiger partial charge >= 0.3 is 0 Å². The van der Waals surface area contributed by atoms with E-state index in [2.05, 4.69) is 4.98 Å². The number of carbonyl (C=O) groups excluding carboxylic acids is 1. The van der Waals surface area contributed by atoms with E-state index >= 15 is 0 Å². The Morgan fingerprint density at radius 2 is 1.75 bits per heavy atom. The van der Waals surface area contributed by atoms with Crippen LogP contribution in [0.15, 0.2) is 71.9 Å². The highest BCUT2D eigenvalue weighted by Crippen LogP contribution is 2.56. The number of alkyl halides is 1. The maximum absolute atomic E-state index is 13.5. The number of ether oxygens (including phenoxy) is 2. The van der Waals surface area contributed by atoms with Gasteiger partial charge in [-0.1, -0.05) is 30.3 Å². The van der Waals surface area contributed by atoms with E-state index in [9.17, 15) is 33.6 Å². The predicted molar refractivity (Wildman–Crippen MR) is 186 cm³/mol. The summed E-state index contributed by atoms with van der Waals surface area (Å²) in [4.78, 5) is 18.4. The van der Waals surface area contributed by atoms with Crippen LogP contribution < -0.4 is 4.74 Å². The molecule has 2 unspecified atom stereocenters. The van der Waals surface area contributed by atoms with Crippen LogP contribution in [0.5, 0.6) is 5.75 Å². The van der Waals surface area contributed by atoms with Gasteiger partial charge in [-0.3, -0.25) is 9.78 Å². The molecule has 6 rings (SSSR count). The molecular formula is C36H44ClN3O10S. The number of aliphatic hydroxyl groups is 5. The predicted octanol–water partition coefficient (Wildman–Crippen LogP) is 1.62. The molecule has 1 aromatic heterocycles. The fourth-order valence-electron chi connectivity index (χ4n) is 6.30. The van der Waals surface area contributed by atoms with Crippen molar-refractivity contribution in [2.75, 3.05) is 33.3 Å². The Kier molecular flexibility index (Phi) is 11.4. The van der Waals surface area contributed by atoms with Crippen LogP contribution in [0.2, 0.25) is 0 Å². The van der Waals surface area contributed by atoms with E-state index in [-0.39, 0.29) is 60.9 Å². The largest absolute Gasteiger partial charge is 0.490 e. The number of pyridine rings is 1. The maximum atomic E-state index is 13.5. The van der Waals surface area contributed by atoms with E-state index in [1.165, 1.54) is 22.3 Å². The van der Waals surface area contributed by atoms with E-state index in [1.807, 2.05) is 30.3 Å². The maximum Gasteiger partial charge on any atom is 0.243 e. The number of rotatable bonds is 17. The number of halogens is 1. The Labute approximate surface area is 302 Å². The number of hydrogen-bond donors (Lipinski definition) is 5. The highest BCUT2D eigenvalue weighted by molar-refractivity contribution is 7.89. The molecular weight excluding hydrogens is 702 g/mol. The first-order valence-electron chi connectivity index (χ1n) is 17.0. The first-order chi connectivity index (χ1) is 24.3. The van der Waals surface area contributed by atoms with E-state index in [0.717, 1.165) is 35.3 Å². The van der Waals surface area contributed by atoms with Crippen LogP contribution >= 0.6 is 11.6 Å². The molecule has 2 aromatic carbocycles. The molecule has 1 aliphatic heterocycles. The minimum Gasteiger partial charge on any atom is -0.490 e. The van der Waals surface area contributed by atoms with Gasteiger partial charge in [0.1, 0.15) is 35.8 Å². The second-order valence-corrected chi connectivity index (χ2v) is 16.2. The summed E-state index contributed by atoms with van der Waals surface area (Å²) in [5.74, 6) is 0.152. The first kappa shape index (κ1) is 37.6. The average molecular weight is 746 g/mol. The van der Waals surface area contributed by atoms with Crippen molar-refractivity contribution < 1.29 is 48.2 Å². The van der Waals surface area contributed by atoms with Crippen molar-refractivity contribution in [3.8, 4) is 16.9 Å². The van der Waals surface area contributed by atoms with Gasteiger partial charge < -0.3 is 39.9 Å². The Morgan fingerprint density at radius 1 is 1.04 bits per heavy atom. The Balaban J connectivity index is 1.06. The third-order valence-corrected chi connectivity index (χ3v) is 12.1. The number of para-hydroxylation sites is 1. The molecule has 0 spiro atoms. The van der Waals surface area contributed by atoms with Gasteiger partial charge in [0.25, 0.3) is 0 Å². The van der Waals surface area contributed by atoms with Crippen molar-refractivity contribution in [3.05, 3.63) is 78.1 Å². The van der Waals surface area contributed by atoms with Crippen LogP contribution in [0.1, 0.15) is 36.8 Å². The number of sulfonamides is 1. The quantitative estimate of drug-likeness (QED) is 0.126. The molecule has 51 heavy (non-hydrogen) atoms. The lowest BCUT2D eigenvalue weighted by atomic mass is 9.96. The molecule has 13 nitrogen and oxygen atoms in total. The van der Waals surface area contributed by atoms with Crippen molar-refractivity contribution >= 4 is 27.5 Å². The number of carbonyl (C=O) groups is 1. The van der Waals surface area contributed by atoms with Crippen LogP contribution in [0.25, 0.3) is 11.1 Å². The smallest absolute Gasteiger partial charge is 0.243 e. The number of aromatic nitrogens is 1. The second-order valence-electron chi connectivity index (χ2n) is 13.7. The normalized spacial score (nSPS) is 23.2. The average Bonchev–Trinajstić information content (AvgIpc) is 4.05. The molecule has 0 radical (unpaired) electrons. The summed E-state index contributed by atoms with van der Waals surface area (Å²) in [6, 6.07) is 16.4. The van der Waals surface area contributed by atoms with Gasteiger partial charge in [-0.05, 0) is 54.2 Å². The number of benzene rings is 2. The molecule has 2 aliphatic carbocycles. The monoisotopic (exact) mass is 745 g/mol. The molecule has 0 bridgehead atoms. The van der Waals surface area contributed by atoms with E-state index in [4.69, 9.17) is 26.2 Å².